The summed E-state index contributed by atoms with van der Waals surface area (Å²) in [7, 11) is 3.15. The van der Waals surface area contributed by atoms with Gasteiger partial charge in [-0.1, -0.05) is 37.9 Å². The summed E-state index contributed by atoms with van der Waals surface area (Å²) in [6.45, 7) is 1.99. The van der Waals surface area contributed by atoms with Gasteiger partial charge in [0.05, 0.1) is 19.8 Å². The average molecular weight is 416 g/mol. The molecule has 0 heterocycles. The number of rotatable bonds is 4. The van der Waals surface area contributed by atoms with Gasteiger partial charge in [0.2, 0.25) is 0 Å². The zero-order chi connectivity index (χ0) is 15.6. The van der Waals surface area contributed by atoms with E-state index in [0.717, 1.165) is 20.1 Å². The van der Waals surface area contributed by atoms with Crippen molar-refractivity contribution in [3.8, 4) is 11.5 Å². The lowest BCUT2D eigenvalue weighted by Crippen LogP contribution is -2.06. The van der Waals surface area contributed by atoms with Crippen LogP contribution in [0.25, 0.3) is 0 Å². The maximum atomic E-state index is 10.8. The predicted octanol–water partition coefficient (Wildman–Crippen LogP) is 4.62. The van der Waals surface area contributed by atoms with Gasteiger partial charge in [0.1, 0.15) is 17.6 Å². The van der Waals surface area contributed by atoms with Crippen molar-refractivity contribution >= 4 is 31.9 Å². The van der Waals surface area contributed by atoms with Crippen molar-refractivity contribution in [1.29, 1.82) is 0 Å². The number of methoxy groups -OCH3 is 2. The molecule has 0 aliphatic heterocycles. The van der Waals surface area contributed by atoms with Crippen LogP contribution in [0, 0.1) is 6.92 Å². The fourth-order valence-corrected chi connectivity index (χ4v) is 3.21. The Kier molecular flexibility index (Phi) is 5.30. The molecule has 2 aromatic rings. The molecule has 2 aromatic carbocycles. The minimum atomic E-state index is -0.859. The fourth-order valence-electron chi connectivity index (χ4n) is 2.18. The highest BCUT2D eigenvalue weighted by Crippen LogP contribution is 2.40. The quantitative estimate of drug-likeness (QED) is 0.791. The van der Waals surface area contributed by atoms with Crippen LogP contribution in [-0.2, 0) is 0 Å². The van der Waals surface area contributed by atoms with Crippen molar-refractivity contribution in [3.05, 3.63) is 56.0 Å². The zero-order valence-electron chi connectivity index (χ0n) is 12.0. The van der Waals surface area contributed by atoms with Crippen LogP contribution in [0.3, 0.4) is 0 Å². The summed E-state index contributed by atoms with van der Waals surface area (Å²) in [5.41, 5.74) is 2.44. The van der Waals surface area contributed by atoms with Gasteiger partial charge in [0.15, 0.2) is 0 Å². The molecule has 0 radical (unpaired) electrons. The van der Waals surface area contributed by atoms with E-state index in [1.807, 2.05) is 25.1 Å². The number of aliphatic hydroxyl groups is 1. The lowest BCUT2D eigenvalue weighted by Gasteiger charge is -2.20. The van der Waals surface area contributed by atoms with Crippen molar-refractivity contribution < 1.29 is 14.6 Å². The van der Waals surface area contributed by atoms with E-state index in [0.29, 0.717) is 17.1 Å². The van der Waals surface area contributed by atoms with Gasteiger partial charge in [-0.3, -0.25) is 0 Å². The monoisotopic (exact) mass is 414 g/mol. The molecule has 0 aromatic heterocycles. The molecule has 0 spiro atoms. The zero-order valence-corrected chi connectivity index (χ0v) is 15.2. The maximum absolute atomic E-state index is 10.8. The van der Waals surface area contributed by atoms with Gasteiger partial charge in [0, 0.05) is 14.5 Å². The summed E-state index contributed by atoms with van der Waals surface area (Å²) >= 11 is 7.01. The number of aliphatic hydroxyl groups excluding tert-OH is 1. The molecular weight excluding hydrogens is 400 g/mol. The van der Waals surface area contributed by atoms with E-state index in [4.69, 9.17) is 9.47 Å². The standard InChI is InChI=1S/C16H16Br2O3/c1-9-7-12(18)10(8-11(9)17)16(19)15-13(20-2)5-4-6-14(15)21-3/h4-8,16,19H,1-3H3. The van der Waals surface area contributed by atoms with Crippen LogP contribution < -0.4 is 9.47 Å². The molecule has 2 rings (SSSR count). The third-order valence-electron chi connectivity index (χ3n) is 3.31. The number of benzene rings is 2. The Balaban J connectivity index is 2.59. The van der Waals surface area contributed by atoms with Crippen LogP contribution in [0.5, 0.6) is 11.5 Å². The minimum Gasteiger partial charge on any atom is -0.496 e. The molecule has 0 aliphatic carbocycles. The van der Waals surface area contributed by atoms with Crippen molar-refractivity contribution in [2.24, 2.45) is 0 Å². The van der Waals surface area contributed by atoms with E-state index in [-0.39, 0.29) is 0 Å². The summed E-state index contributed by atoms with van der Waals surface area (Å²) in [5.74, 6) is 1.18. The van der Waals surface area contributed by atoms with Gasteiger partial charge < -0.3 is 14.6 Å². The third kappa shape index (κ3) is 3.25. The Hall–Kier alpha value is -1.04. The molecule has 0 amide bonds. The number of ether oxygens (including phenoxy) is 2. The van der Waals surface area contributed by atoms with E-state index in [1.165, 1.54) is 0 Å². The van der Waals surface area contributed by atoms with Crippen LogP contribution in [0.2, 0.25) is 0 Å². The molecule has 0 saturated heterocycles. The maximum Gasteiger partial charge on any atom is 0.128 e. The molecule has 5 heteroatoms. The van der Waals surface area contributed by atoms with E-state index < -0.39 is 6.10 Å². The summed E-state index contributed by atoms with van der Waals surface area (Å²) in [6, 6.07) is 9.30. The number of hydrogen-bond donors (Lipinski definition) is 1. The van der Waals surface area contributed by atoms with Crippen LogP contribution in [0.4, 0.5) is 0 Å². The SMILES string of the molecule is COc1cccc(OC)c1C(O)c1cc(Br)c(C)cc1Br. The topological polar surface area (TPSA) is 38.7 Å². The van der Waals surface area contributed by atoms with Gasteiger partial charge in [-0.15, -0.1) is 0 Å². The van der Waals surface area contributed by atoms with Crippen LogP contribution >= 0.6 is 31.9 Å². The molecule has 0 bridgehead atoms. The molecule has 21 heavy (non-hydrogen) atoms. The van der Waals surface area contributed by atoms with Crippen molar-refractivity contribution in [1.82, 2.24) is 0 Å². The summed E-state index contributed by atoms with van der Waals surface area (Å²) in [5, 5.41) is 10.8. The molecule has 0 saturated carbocycles. The number of halogens is 2. The lowest BCUT2D eigenvalue weighted by molar-refractivity contribution is 0.208. The van der Waals surface area contributed by atoms with Gasteiger partial charge in [-0.05, 0) is 36.8 Å². The molecule has 112 valence electrons. The Labute approximate surface area is 141 Å². The first-order valence-corrected chi connectivity index (χ1v) is 7.92. The summed E-state index contributed by atoms with van der Waals surface area (Å²) < 4.78 is 12.5. The number of aryl methyl sites for hydroxylation is 1. The predicted molar refractivity (Wildman–Crippen MR) is 90.2 cm³/mol. The first kappa shape index (κ1) is 16.3. The molecule has 1 unspecified atom stereocenters. The lowest BCUT2D eigenvalue weighted by atomic mass is 9.98. The van der Waals surface area contributed by atoms with Gasteiger partial charge in [-0.2, -0.15) is 0 Å². The van der Waals surface area contributed by atoms with Gasteiger partial charge >= 0.3 is 0 Å². The Morgan fingerprint density at radius 2 is 1.57 bits per heavy atom. The minimum absolute atomic E-state index is 0.588. The highest BCUT2D eigenvalue weighted by atomic mass is 79.9. The first-order valence-electron chi connectivity index (χ1n) is 6.34. The second-order valence-electron chi connectivity index (χ2n) is 4.60. The highest BCUT2D eigenvalue weighted by Gasteiger charge is 2.23. The molecule has 0 fully saturated rings. The smallest absolute Gasteiger partial charge is 0.128 e. The van der Waals surface area contributed by atoms with Crippen molar-refractivity contribution in [3.63, 3.8) is 0 Å². The van der Waals surface area contributed by atoms with Gasteiger partial charge in [-0.25, -0.2) is 0 Å². The summed E-state index contributed by atoms with van der Waals surface area (Å²) in [6.07, 6.45) is -0.859. The van der Waals surface area contributed by atoms with E-state index >= 15 is 0 Å². The van der Waals surface area contributed by atoms with Crippen LogP contribution in [0.15, 0.2) is 39.3 Å². The Bertz CT molecular complexity index is 634. The normalized spacial score (nSPS) is 12.1. The molecule has 1 atom stereocenters. The average Bonchev–Trinajstić information content (AvgIpc) is 2.49. The molecule has 3 nitrogen and oxygen atoms in total. The molecular formula is C16H16Br2O3. The highest BCUT2D eigenvalue weighted by molar-refractivity contribution is 9.11. The van der Waals surface area contributed by atoms with Crippen molar-refractivity contribution in [2.45, 2.75) is 13.0 Å². The van der Waals surface area contributed by atoms with Crippen molar-refractivity contribution in [2.75, 3.05) is 14.2 Å². The molecule has 1 N–H and O–H groups in total. The second kappa shape index (κ2) is 6.81. The van der Waals surface area contributed by atoms with E-state index in [2.05, 4.69) is 31.9 Å². The van der Waals surface area contributed by atoms with Crippen LogP contribution in [-0.4, -0.2) is 19.3 Å². The van der Waals surface area contributed by atoms with Gasteiger partial charge in [0.25, 0.3) is 0 Å². The molecule has 0 aliphatic rings. The number of hydrogen-bond acceptors (Lipinski definition) is 3. The summed E-state index contributed by atoms with van der Waals surface area (Å²) in [4.78, 5) is 0. The van der Waals surface area contributed by atoms with Crippen LogP contribution in [0.1, 0.15) is 22.8 Å². The van der Waals surface area contributed by atoms with E-state index in [9.17, 15) is 5.11 Å². The third-order valence-corrected chi connectivity index (χ3v) is 4.85. The van der Waals surface area contributed by atoms with E-state index in [1.54, 1.807) is 26.4 Å². The Morgan fingerprint density at radius 1 is 1.00 bits per heavy atom. The second-order valence-corrected chi connectivity index (χ2v) is 6.31. The largest absolute Gasteiger partial charge is 0.496 e. The first-order chi connectivity index (χ1) is 9.99. The fraction of sp³-hybridized carbons (Fsp3) is 0.250. The Morgan fingerprint density at radius 3 is 2.10 bits per heavy atom.